The second kappa shape index (κ2) is 2.30. The number of nitrogens with zero attached hydrogens (tertiary/aromatic N) is 1. The van der Waals surface area contributed by atoms with E-state index in [1.54, 1.807) is 0 Å². The minimum Gasteiger partial charge on any atom is -0.313 e. The summed E-state index contributed by atoms with van der Waals surface area (Å²) in [6.07, 6.45) is 0.892. The Kier molecular flexibility index (Phi) is 1.42. The van der Waals surface area contributed by atoms with Gasteiger partial charge in [-0.2, -0.15) is 5.10 Å². The highest BCUT2D eigenvalue weighted by Crippen LogP contribution is 2.15. The first-order valence-electron chi connectivity index (χ1n) is 3.87. The number of rotatable bonds is 0. The van der Waals surface area contributed by atoms with Gasteiger partial charge >= 0.3 is 0 Å². The van der Waals surface area contributed by atoms with Crippen molar-refractivity contribution in [2.45, 2.75) is 19.4 Å². The van der Waals surface area contributed by atoms with Gasteiger partial charge in [-0.3, -0.25) is 4.79 Å². The molecule has 2 aliphatic heterocycles. The van der Waals surface area contributed by atoms with E-state index in [0.29, 0.717) is 6.04 Å². The maximum absolute atomic E-state index is 11.0. The highest BCUT2D eigenvalue weighted by Gasteiger charge is 2.33. The molecule has 0 aromatic carbocycles. The van der Waals surface area contributed by atoms with Gasteiger partial charge in [0.05, 0.1) is 11.6 Å². The quantitative estimate of drug-likeness (QED) is 0.491. The van der Waals surface area contributed by atoms with Crippen molar-refractivity contribution >= 4 is 11.6 Å². The Morgan fingerprint density at radius 2 is 2.45 bits per heavy atom. The third-order valence-electron chi connectivity index (χ3n) is 2.21. The maximum Gasteiger partial charge on any atom is 0.250 e. The van der Waals surface area contributed by atoms with Crippen LogP contribution in [0.25, 0.3) is 0 Å². The number of amides is 1. The molecule has 0 saturated carbocycles. The van der Waals surface area contributed by atoms with E-state index in [4.69, 9.17) is 0 Å². The minimum absolute atomic E-state index is 0.00574. The van der Waals surface area contributed by atoms with Crippen LogP contribution in [-0.2, 0) is 4.79 Å². The van der Waals surface area contributed by atoms with Gasteiger partial charge in [0.25, 0.3) is 0 Å². The minimum atomic E-state index is 0.00574. The highest BCUT2D eigenvalue weighted by atomic mass is 16.2. The topological polar surface area (TPSA) is 53.5 Å². The molecule has 1 fully saturated rings. The van der Waals surface area contributed by atoms with Gasteiger partial charge in [0.1, 0.15) is 0 Å². The van der Waals surface area contributed by atoms with Gasteiger partial charge < -0.3 is 5.32 Å². The van der Waals surface area contributed by atoms with Crippen LogP contribution < -0.4 is 10.7 Å². The summed E-state index contributed by atoms with van der Waals surface area (Å²) in [6, 6.07) is 0.456. The highest BCUT2D eigenvalue weighted by molar-refractivity contribution is 6.08. The normalized spacial score (nSPS) is 36.1. The van der Waals surface area contributed by atoms with E-state index >= 15 is 0 Å². The molecule has 4 nitrogen and oxygen atoms in total. The first kappa shape index (κ1) is 6.79. The Morgan fingerprint density at radius 1 is 1.64 bits per heavy atom. The summed E-state index contributed by atoms with van der Waals surface area (Å²) in [7, 11) is 0. The van der Waals surface area contributed by atoms with Crippen LogP contribution >= 0.6 is 0 Å². The van der Waals surface area contributed by atoms with E-state index in [0.717, 1.165) is 18.7 Å². The number of nitrogens with one attached hydrogen (secondary N) is 2. The lowest BCUT2D eigenvalue weighted by molar-refractivity contribution is -0.122. The second-order valence-electron chi connectivity index (χ2n) is 3.15. The number of piperidine rings is 1. The summed E-state index contributed by atoms with van der Waals surface area (Å²) in [5.41, 5.74) is 3.51. The largest absolute Gasteiger partial charge is 0.313 e. The molecule has 2 N–H and O–H groups in total. The Balaban J connectivity index is 2.15. The monoisotopic (exact) mass is 153 g/mol. The van der Waals surface area contributed by atoms with Crippen LogP contribution in [0, 0.1) is 5.92 Å². The molecule has 0 aliphatic carbocycles. The second-order valence-corrected chi connectivity index (χ2v) is 3.15. The molecule has 2 unspecified atom stereocenters. The molecule has 0 aromatic heterocycles. The molecule has 2 heterocycles. The SMILES string of the molecule is CC1CC2=NNC(=O)C2CN1. The van der Waals surface area contributed by atoms with Gasteiger partial charge in [0, 0.05) is 19.0 Å². The van der Waals surface area contributed by atoms with Crippen LogP contribution in [0.4, 0.5) is 0 Å². The van der Waals surface area contributed by atoms with Crippen LogP contribution in [0.3, 0.4) is 0 Å². The van der Waals surface area contributed by atoms with Crippen molar-refractivity contribution in [2.75, 3.05) is 6.54 Å². The first-order valence-corrected chi connectivity index (χ1v) is 3.87. The molecule has 4 heteroatoms. The van der Waals surface area contributed by atoms with Gasteiger partial charge in [-0.1, -0.05) is 0 Å². The van der Waals surface area contributed by atoms with Gasteiger partial charge in [-0.25, -0.2) is 5.43 Å². The fourth-order valence-corrected chi connectivity index (χ4v) is 1.54. The molecule has 11 heavy (non-hydrogen) atoms. The fraction of sp³-hybridized carbons (Fsp3) is 0.714. The summed E-state index contributed by atoms with van der Waals surface area (Å²) in [5.74, 6) is 0.0469. The number of carbonyl (C=O) groups is 1. The fourth-order valence-electron chi connectivity index (χ4n) is 1.54. The molecule has 2 rings (SSSR count). The average Bonchev–Trinajstić information content (AvgIpc) is 2.32. The van der Waals surface area contributed by atoms with Crippen molar-refractivity contribution in [3.8, 4) is 0 Å². The zero-order valence-corrected chi connectivity index (χ0v) is 6.42. The van der Waals surface area contributed by atoms with Crippen molar-refractivity contribution in [1.29, 1.82) is 0 Å². The first-order chi connectivity index (χ1) is 5.27. The summed E-state index contributed by atoms with van der Waals surface area (Å²) in [6.45, 7) is 2.84. The Morgan fingerprint density at radius 3 is 3.27 bits per heavy atom. The van der Waals surface area contributed by atoms with Crippen LogP contribution in [0.5, 0.6) is 0 Å². The lowest BCUT2D eigenvalue weighted by Gasteiger charge is -2.23. The predicted octanol–water partition coefficient (Wildman–Crippen LogP) is -0.530. The number of hydrogen-bond donors (Lipinski definition) is 2. The third kappa shape index (κ3) is 1.03. The molecule has 0 aromatic rings. The summed E-state index contributed by atoms with van der Waals surface area (Å²) in [4.78, 5) is 11.0. The van der Waals surface area contributed by atoms with Crippen LogP contribution in [-0.4, -0.2) is 24.2 Å². The van der Waals surface area contributed by atoms with Crippen LogP contribution in [0.2, 0.25) is 0 Å². The molecule has 0 radical (unpaired) electrons. The average molecular weight is 153 g/mol. The summed E-state index contributed by atoms with van der Waals surface area (Å²) in [5, 5.41) is 7.21. The molecule has 60 valence electrons. The summed E-state index contributed by atoms with van der Waals surface area (Å²) >= 11 is 0. The number of hydrazone groups is 1. The van der Waals surface area contributed by atoms with Gasteiger partial charge in [0.2, 0.25) is 5.91 Å². The standard InChI is InChI=1S/C7H11N3O/c1-4-2-6-5(3-8-4)7(11)10-9-6/h4-5,8H,2-3H2,1H3,(H,10,11). The molecular weight excluding hydrogens is 142 g/mol. The lowest BCUT2D eigenvalue weighted by Crippen LogP contribution is -2.44. The molecule has 0 bridgehead atoms. The molecule has 2 aliphatic rings. The molecule has 0 spiro atoms. The molecule has 2 atom stereocenters. The number of fused-ring (bicyclic) bond motifs is 1. The smallest absolute Gasteiger partial charge is 0.250 e. The summed E-state index contributed by atoms with van der Waals surface area (Å²) < 4.78 is 0. The van der Waals surface area contributed by atoms with Crippen LogP contribution in [0.15, 0.2) is 5.10 Å². The van der Waals surface area contributed by atoms with Crippen LogP contribution in [0.1, 0.15) is 13.3 Å². The van der Waals surface area contributed by atoms with E-state index in [2.05, 4.69) is 22.8 Å². The molecule has 1 saturated heterocycles. The van der Waals surface area contributed by atoms with E-state index in [1.807, 2.05) is 0 Å². The van der Waals surface area contributed by atoms with E-state index < -0.39 is 0 Å². The van der Waals surface area contributed by atoms with Gasteiger partial charge in [-0.15, -0.1) is 0 Å². The zero-order chi connectivity index (χ0) is 7.84. The van der Waals surface area contributed by atoms with Crippen molar-refractivity contribution in [2.24, 2.45) is 11.0 Å². The Labute approximate surface area is 65.0 Å². The maximum atomic E-state index is 11.0. The Hall–Kier alpha value is -0.900. The molecular formula is C7H11N3O. The number of hydrogen-bond acceptors (Lipinski definition) is 3. The lowest BCUT2D eigenvalue weighted by atomic mass is 9.94. The van der Waals surface area contributed by atoms with E-state index in [9.17, 15) is 4.79 Å². The van der Waals surface area contributed by atoms with Crippen molar-refractivity contribution in [3.05, 3.63) is 0 Å². The van der Waals surface area contributed by atoms with Gasteiger partial charge in [-0.05, 0) is 6.92 Å². The van der Waals surface area contributed by atoms with Gasteiger partial charge in [0.15, 0.2) is 0 Å². The predicted molar refractivity (Wildman–Crippen MR) is 41.1 cm³/mol. The van der Waals surface area contributed by atoms with E-state index in [-0.39, 0.29) is 11.8 Å². The van der Waals surface area contributed by atoms with Crippen molar-refractivity contribution in [3.63, 3.8) is 0 Å². The van der Waals surface area contributed by atoms with Crippen molar-refractivity contribution < 1.29 is 4.79 Å². The third-order valence-corrected chi connectivity index (χ3v) is 2.21. The number of carbonyl (C=O) groups excluding carboxylic acids is 1. The zero-order valence-electron chi connectivity index (χ0n) is 6.42. The Bertz CT molecular complexity index is 224. The molecule has 1 amide bonds. The van der Waals surface area contributed by atoms with Crippen molar-refractivity contribution in [1.82, 2.24) is 10.7 Å². The van der Waals surface area contributed by atoms with E-state index in [1.165, 1.54) is 0 Å².